The molecule has 1 rings (SSSR count). The van der Waals surface area contributed by atoms with E-state index in [4.69, 9.17) is 0 Å². The lowest BCUT2D eigenvalue weighted by atomic mass is 10.1. The standard InChI is InChI=1S/C8H15N3/c1-5(2)7-9-8(6(3)4)11-10-7/h5-7H,1-4H3/q-2. The molecular weight excluding hydrogens is 138 g/mol. The SMILES string of the molecule is CC(C)C1=N[N-]C(C(C)C)[N-]1. The van der Waals surface area contributed by atoms with Gasteiger partial charge in [0.2, 0.25) is 0 Å². The molecule has 1 aliphatic rings. The third kappa shape index (κ3) is 1.85. The van der Waals surface area contributed by atoms with E-state index >= 15 is 0 Å². The normalized spacial score (nSPS) is 23.5. The predicted molar refractivity (Wildman–Crippen MR) is 47.6 cm³/mol. The number of rotatable bonds is 2. The predicted octanol–water partition coefficient (Wildman–Crippen LogP) is 2.70. The molecule has 0 aliphatic carbocycles. The molecule has 11 heavy (non-hydrogen) atoms. The zero-order chi connectivity index (χ0) is 8.43. The molecule has 0 radical (unpaired) electrons. The van der Waals surface area contributed by atoms with Crippen LogP contribution in [0.1, 0.15) is 27.7 Å². The van der Waals surface area contributed by atoms with E-state index in [0.29, 0.717) is 11.8 Å². The maximum atomic E-state index is 4.37. The largest absolute Gasteiger partial charge is 0.715 e. The van der Waals surface area contributed by atoms with Crippen LogP contribution in [0.15, 0.2) is 5.10 Å². The van der Waals surface area contributed by atoms with E-state index in [1.165, 1.54) is 0 Å². The van der Waals surface area contributed by atoms with E-state index in [-0.39, 0.29) is 6.17 Å². The minimum Gasteiger partial charge on any atom is -0.715 e. The summed E-state index contributed by atoms with van der Waals surface area (Å²) in [6.45, 7) is 8.38. The van der Waals surface area contributed by atoms with Gasteiger partial charge < -0.3 is 15.8 Å². The molecule has 64 valence electrons. The van der Waals surface area contributed by atoms with Crippen molar-refractivity contribution in [2.75, 3.05) is 0 Å². The van der Waals surface area contributed by atoms with E-state index < -0.39 is 0 Å². The Bertz CT molecular complexity index is 161. The molecule has 0 amide bonds. The van der Waals surface area contributed by atoms with E-state index in [1.54, 1.807) is 0 Å². The first-order valence-corrected chi connectivity index (χ1v) is 4.10. The first-order valence-electron chi connectivity index (χ1n) is 4.10. The quantitative estimate of drug-likeness (QED) is 0.585. The van der Waals surface area contributed by atoms with Crippen LogP contribution in [-0.2, 0) is 0 Å². The van der Waals surface area contributed by atoms with Gasteiger partial charge in [0.15, 0.2) is 0 Å². The summed E-state index contributed by atoms with van der Waals surface area (Å²) >= 11 is 0. The first-order chi connectivity index (χ1) is 5.11. The summed E-state index contributed by atoms with van der Waals surface area (Å²) in [7, 11) is 0. The van der Waals surface area contributed by atoms with E-state index in [9.17, 15) is 0 Å². The maximum Gasteiger partial charge on any atom is -0.0317 e. The second-order valence-electron chi connectivity index (χ2n) is 3.52. The van der Waals surface area contributed by atoms with Crippen LogP contribution in [0, 0.1) is 11.8 Å². The topological polar surface area (TPSA) is 40.6 Å². The van der Waals surface area contributed by atoms with Gasteiger partial charge in [0.25, 0.3) is 0 Å². The average Bonchev–Trinajstić information content (AvgIpc) is 2.33. The number of amidine groups is 1. The Balaban J connectivity index is 2.43. The van der Waals surface area contributed by atoms with Crippen molar-refractivity contribution in [2.24, 2.45) is 16.9 Å². The van der Waals surface area contributed by atoms with Crippen LogP contribution in [0.25, 0.3) is 10.7 Å². The van der Waals surface area contributed by atoms with Gasteiger partial charge in [-0.05, 0) is 5.92 Å². The molecule has 0 bridgehead atoms. The Morgan fingerprint density at radius 1 is 1.27 bits per heavy atom. The van der Waals surface area contributed by atoms with Crippen molar-refractivity contribution in [3.63, 3.8) is 0 Å². The summed E-state index contributed by atoms with van der Waals surface area (Å²) in [6, 6.07) is 0. The summed E-state index contributed by atoms with van der Waals surface area (Å²) in [6.07, 6.45) is 0.0763. The average molecular weight is 153 g/mol. The molecule has 1 heterocycles. The Morgan fingerprint density at radius 2 is 1.91 bits per heavy atom. The van der Waals surface area contributed by atoms with Gasteiger partial charge in [-0.3, -0.25) is 0 Å². The monoisotopic (exact) mass is 153 g/mol. The third-order valence-corrected chi connectivity index (χ3v) is 1.66. The van der Waals surface area contributed by atoms with Crippen molar-refractivity contribution in [3.05, 3.63) is 10.7 Å². The molecule has 0 spiro atoms. The fourth-order valence-corrected chi connectivity index (χ4v) is 0.852. The van der Waals surface area contributed by atoms with E-state index in [1.807, 2.05) is 0 Å². The Morgan fingerprint density at radius 3 is 2.18 bits per heavy atom. The molecule has 0 aromatic rings. The fourth-order valence-electron chi connectivity index (χ4n) is 0.852. The van der Waals surface area contributed by atoms with Crippen LogP contribution < -0.4 is 0 Å². The zero-order valence-corrected chi connectivity index (χ0v) is 7.57. The van der Waals surface area contributed by atoms with Gasteiger partial charge in [-0.15, -0.1) is 12.0 Å². The Kier molecular flexibility index (Phi) is 2.37. The zero-order valence-electron chi connectivity index (χ0n) is 7.57. The van der Waals surface area contributed by atoms with Gasteiger partial charge in [0, 0.05) is 0 Å². The van der Waals surface area contributed by atoms with Gasteiger partial charge >= 0.3 is 0 Å². The molecule has 3 heteroatoms. The molecule has 0 aromatic heterocycles. The van der Waals surface area contributed by atoms with Gasteiger partial charge in [0.1, 0.15) is 0 Å². The molecule has 0 saturated carbocycles. The molecule has 1 unspecified atom stereocenters. The molecule has 0 fully saturated rings. The van der Waals surface area contributed by atoms with Crippen LogP contribution in [-0.4, -0.2) is 12.0 Å². The molecule has 1 aliphatic heterocycles. The Labute approximate surface area is 68.3 Å². The van der Waals surface area contributed by atoms with Crippen LogP contribution >= 0.6 is 0 Å². The lowest BCUT2D eigenvalue weighted by Gasteiger charge is -2.35. The Hall–Kier alpha value is -0.730. The minimum absolute atomic E-state index is 0.0763. The molecule has 1 atom stereocenters. The molecule has 0 aromatic carbocycles. The van der Waals surface area contributed by atoms with E-state index in [2.05, 4.69) is 43.5 Å². The van der Waals surface area contributed by atoms with Crippen molar-refractivity contribution in [3.8, 4) is 0 Å². The highest BCUT2D eigenvalue weighted by atomic mass is 15.5. The molecule has 3 nitrogen and oxygen atoms in total. The second kappa shape index (κ2) is 3.11. The summed E-state index contributed by atoms with van der Waals surface area (Å²) in [4.78, 5) is 0. The van der Waals surface area contributed by atoms with Crippen LogP contribution in [0.2, 0.25) is 0 Å². The highest BCUT2D eigenvalue weighted by Crippen LogP contribution is 2.28. The van der Waals surface area contributed by atoms with Crippen molar-refractivity contribution in [1.29, 1.82) is 0 Å². The highest BCUT2D eigenvalue weighted by molar-refractivity contribution is 5.99. The smallest absolute Gasteiger partial charge is 0.0317 e. The lowest BCUT2D eigenvalue weighted by molar-refractivity contribution is 0.607. The second-order valence-corrected chi connectivity index (χ2v) is 3.52. The van der Waals surface area contributed by atoms with E-state index in [0.717, 1.165) is 5.84 Å². The summed E-state index contributed by atoms with van der Waals surface area (Å²) in [5.41, 5.74) is 4.06. The molecular formula is C8H15N3-2. The summed E-state index contributed by atoms with van der Waals surface area (Å²) in [5.74, 6) is 1.76. The summed E-state index contributed by atoms with van der Waals surface area (Å²) in [5, 5.41) is 8.38. The fraction of sp³-hybridized carbons (Fsp3) is 0.875. The maximum absolute atomic E-state index is 4.37. The van der Waals surface area contributed by atoms with Gasteiger partial charge in [-0.25, -0.2) is 0 Å². The number of nitrogens with zero attached hydrogens (tertiary/aromatic N) is 3. The van der Waals surface area contributed by atoms with Crippen LogP contribution in [0.4, 0.5) is 0 Å². The van der Waals surface area contributed by atoms with Crippen LogP contribution in [0.3, 0.4) is 0 Å². The number of hydrogen-bond donors (Lipinski definition) is 0. The van der Waals surface area contributed by atoms with Crippen molar-refractivity contribution < 1.29 is 0 Å². The third-order valence-electron chi connectivity index (χ3n) is 1.66. The van der Waals surface area contributed by atoms with Crippen LogP contribution in [0.5, 0.6) is 0 Å². The van der Waals surface area contributed by atoms with Crippen molar-refractivity contribution in [1.82, 2.24) is 0 Å². The highest BCUT2D eigenvalue weighted by Gasteiger charge is 2.03. The van der Waals surface area contributed by atoms with Crippen molar-refractivity contribution in [2.45, 2.75) is 33.9 Å². The van der Waals surface area contributed by atoms with Gasteiger partial charge in [0.05, 0.1) is 0 Å². The van der Waals surface area contributed by atoms with Crippen molar-refractivity contribution >= 4 is 5.84 Å². The molecule has 0 N–H and O–H groups in total. The molecule has 0 saturated heterocycles. The minimum atomic E-state index is 0.0763. The van der Waals surface area contributed by atoms with Gasteiger partial charge in [-0.1, -0.05) is 33.6 Å². The number of hydrogen-bond acceptors (Lipinski definition) is 1. The summed E-state index contributed by atoms with van der Waals surface area (Å²) < 4.78 is 0. The van der Waals surface area contributed by atoms with Gasteiger partial charge in [-0.2, -0.15) is 0 Å². The first kappa shape index (κ1) is 8.37. The lowest BCUT2D eigenvalue weighted by Crippen LogP contribution is -2.12.